The van der Waals surface area contributed by atoms with E-state index in [0.29, 0.717) is 12.0 Å². The summed E-state index contributed by atoms with van der Waals surface area (Å²) in [4.78, 5) is 0.0616. The third-order valence-corrected chi connectivity index (χ3v) is 4.17. The van der Waals surface area contributed by atoms with Crippen molar-refractivity contribution in [2.45, 2.75) is 17.7 Å². The molecule has 16 heavy (non-hydrogen) atoms. The molecule has 0 unspecified atom stereocenters. The van der Waals surface area contributed by atoms with Crippen molar-refractivity contribution in [1.82, 2.24) is 0 Å². The summed E-state index contributed by atoms with van der Waals surface area (Å²) in [5.74, 6) is 0. The number of rotatable bonds is 5. The molecule has 1 aromatic rings. The van der Waals surface area contributed by atoms with Crippen LogP contribution in [-0.4, -0.2) is 21.8 Å². The molecule has 0 heterocycles. The molecule has 1 N–H and O–H groups in total. The average molecular weight is 466 g/mol. The Bertz CT molecular complexity index is 457. The van der Waals surface area contributed by atoms with Crippen LogP contribution in [0.4, 0.5) is 0 Å². The zero-order valence-corrected chi connectivity index (χ0v) is 13.6. The predicted molar refractivity (Wildman–Crippen MR) is 81.4 cm³/mol. The van der Waals surface area contributed by atoms with Crippen molar-refractivity contribution in [3.8, 4) is 0 Å². The fraction of sp³-hybridized carbons (Fsp3) is 0.400. The van der Waals surface area contributed by atoms with Crippen LogP contribution >= 0.6 is 45.2 Å². The van der Waals surface area contributed by atoms with Gasteiger partial charge in [0.1, 0.15) is 0 Å². The van der Waals surface area contributed by atoms with Crippen LogP contribution in [0.1, 0.15) is 11.1 Å². The van der Waals surface area contributed by atoms with Crippen LogP contribution in [0.2, 0.25) is 0 Å². The number of benzene rings is 1. The van der Waals surface area contributed by atoms with Crippen LogP contribution < -0.4 is 0 Å². The highest BCUT2D eigenvalue weighted by atomic mass is 127. The topological polar surface area (TPSA) is 54.4 Å². The second-order valence-corrected chi connectivity index (χ2v) is 6.84. The molecule has 0 aliphatic carbocycles. The van der Waals surface area contributed by atoms with E-state index < -0.39 is 10.1 Å². The second kappa shape index (κ2) is 6.50. The smallest absolute Gasteiger partial charge is 0.282 e. The number of aryl methyl sites for hydroxylation is 2. The van der Waals surface area contributed by atoms with Gasteiger partial charge in [0.2, 0.25) is 0 Å². The summed E-state index contributed by atoms with van der Waals surface area (Å²) in [6.45, 7) is 0. The first kappa shape index (κ1) is 14.7. The van der Waals surface area contributed by atoms with Crippen molar-refractivity contribution in [1.29, 1.82) is 0 Å². The lowest BCUT2D eigenvalue weighted by atomic mass is 10.1. The zero-order valence-electron chi connectivity index (χ0n) is 8.49. The van der Waals surface area contributed by atoms with Gasteiger partial charge >= 0.3 is 0 Å². The first-order valence-corrected chi connectivity index (χ1v) is 9.19. The van der Waals surface area contributed by atoms with Crippen LogP contribution in [0.5, 0.6) is 0 Å². The molecule has 0 amide bonds. The normalized spacial score (nSPS) is 11.7. The summed E-state index contributed by atoms with van der Waals surface area (Å²) in [5, 5.41) is 0. The van der Waals surface area contributed by atoms with E-state index in [2.05, 4.69) is 45.2 Å². The molecule has 1 rings (SSSR count). The van der Waals surface area contributed by atoms with Crippen molar-refractivity contribution in [2.75, 3.05) is 8.86 Å². The number of halogens is 2. The first-order valence-electron chi connectivity index (χ1n) is 4.70. The fourth-order valence-electron chi connectivity index (χ4n) is 1.41. The fourth-order valence-corrected chi connectivity index (χ4v) is 3.42. The van der Waals surface area contributed by atoms with Gasteiger partial charge in [0.15, 0.2) is 0 Å². The molecule has 0 radical (unpaired) electrons. The molecular weight excluding hydrogens is 454 g/mol. The van der Waals surface area contributed by atoms with Gasteiger partial charge in [-0.1, -0.05) is 57.3 Å². The van der Waals surface area contributed by atoms with Crippen molar-refractivity contribution in [3.63, 3.8) is 0 Å². The Morgan fingerprint density at radius 1 is 1.12 bits per heavy atom. The summed E-state index contributed by atoms with van der Waals surface area (Å²) in [5.41, 5.74) is 1.63. The van der Waals surface area contributed by atoms with Gasteiger partial charge in [0.05, 0.1) is 4.90 Å². The minimum Gasteiger partial charge on any atom is -0.282 e. The van der Waals surface area contributed by atoms with E-state index in [4.69, 9.17) is 4.55 Å². The summed E-state index contributed by atoms with van der Waals surface area (Å²) in [6.07, 6.45) is 1.47. The SMILES string of the molecule is O=S(=O)(O)c1cc(CCI)ccc1CCI. The Hall–Kier alpha value is 0.590. The van der Waals surface area contributed by atoms with E-state index in [-0.39, 0.29) is 4.90 Å². The first-order chi connectivity index (χ1) is 7.49. The monoisotopic (exact) mass is 466 g/mol. The molecule has 0 saturated heterocycles. The standard InChI is InChI=1S/C10H12I2O3S/c11-5-3-8-1-2-9(4-6-12)10(7-8)16(13,14)15/h1-2,7H,3-6H2,(H,13,14,15). The molecule has 3 nitrogen and oxygen atoms in total. The molecule has 0 spiro atoms. The van der Waals surface area contributed by atoms with Crippen LogP contribution in [-0.2, 0) is 23.0 Å². The van der Waals surface area contributed by atoms with E-state index in [1.165, 1.54) is 0 Å². The van der Waals surface area contributed by atoms with Gasteiger partial charge < -0.3 is 0 Å². The van der Waals surface area contributed by atoms with Crippen molar-refractivity contribution < 1.29 is 13.0 Å². The molecule has 0 aliphatic rings. The Balaban J connectivity index is 3.21. The maximum Gasteiger partial charge on any atom is 0.294 e. The third kappa shape index (κ3) is 4.11. The summed E-state index contributed by atoms with van der Waals surface area (Å²) in [7, 11) is -4.10. The van der Waals surface area contributed by atoms with Crippen LogP contribution in [0, 0.1) is 0 Å². The maximum absolute atomic E-state index is 11.2. The lowest BCUT2D eigenvalue weighted by molar-refractivity contribution is 0.482. The van der Waals surface area contributed by atoms with E-state index in [1.807, 2.05) is 6.07 Å². The van der Waals surface area contributed by atoms with Crippen molar-refractivity contribution in [2.24, 2.45) is 0 Å². The molecular formula is C10H12I2O3S. The second-order valence-electron chi connectivity index (χ2n) is 3.30. The molecule has 0 aliphatic heterocycles. The molecule has 0 aromatic heterocycles. The van der Waals surface area contributed by atoms with Gasteiger partial charge in [0, 0.05) is 8.86 Å². The van der Waals surface area contributed by atoms with E-state index in [1.54, 1.807) is 12.1 Å². The summed E-state index contributed by atoms with van der Waals surface area (Å²) >= 11 is 4.42. The van der Waals surface area contributed by atoms with E-state index in [0.717, 1.165) is 20.8 Å². The molecule has 0 fully saturated rings. The Morgan fingerprint density at radius 2 is 1.75 bits per heavy atom. The van der Waals surface area contributed by atoms with Gasteiger partial charge in [-0.15, -0.1) is 0 Å². The Kier molecular flexibility index (Phi) is 5.95. The van der Waals surface area contributed by atoms with Crippen molar-refractivity contribution in [3.05, 3.63) is 29.3 Å². The van der Waals surface area contributed by atoms with Gasteiger partial charge in [-0.2, -0.15) is 8.42 Å². The molecule has 0 saturated carbocycles. The zero-order chi connectivity index (χ0) is 12.2. The van der Waals surface area contributed by atoms with Gasteiger partial charge in [0.25, 0.3) is 10.1 Å². The predicted octanol–water partition coefficient (Wildman–Crippen LogP) is 2.89. The quantitative estimate of drug-likeness (QED) is 0.413. The molecule has 0 bridgehead atoms. The van der Waals surface area contributed by atoms with Crippen LogP contribution in [0.25, 0.3) is 0 Å². The summed E-state index contributed by atoms with van der Waals surface area (Å²) < 4.78 is 33.4. The Labute approximate surface area is 123 Å². The largest absolute Gasteiger partial charge is 0.294 e. The molecule has 1 aromatic carbocycles. The lowest BCUT2D eigenvalue weighted by Crippen LogP contribution is -2.05. The number of hydrogen-bond acceptors (Lipinski definition) is 2. The Morgan fingerprint density at radius 3 is 2.25 bits per heavy atom. The lowest BCUT2D eigenvalue weighted by Gasteiger charge is -2.08. The average Bonchev–Trinajstić information content (AvgIpc) is 2.19. The third-order valence-electron chi connectivity index (χ3n) is 2.16. The minimum atomic E-state index is -4.10. The van der Waals surface area contributed by atoms with Crippen LogP contribution in [0.15, 0.2) is 23.1 Å². The molecule has 0 atom stereocenters. The van der Waals surface area contributed by atoms with Gasteiger partial charge in [-0.05, 0) is 30.0 Å². The molecule has 90 valence electrons. The number of hydrogen-bond donors (Lipinski definition) is 1. The van der Waals surface area contributed by atoms with E-state index in [9.17, 15) is 8.42 Å². The highest BCUT2D eigenvalue weighted by molar-refractivity contribution is 14.1. The number of alkyl halides is 2. The molecule has 6 heteroatoms. The van der Waals surface area contributed by atoms with E-state index >= 15 is 0 Å². The maximum atomic E-state index is 11.2. The van der Waals surface area contributed by atoms with Crippen LogP contribution in [0.3, 0.4) is 0 Å². The highest BCUT2D eigenvalue weighted by Crippen LogP contribution is 2.19. The minimum absolute atomic E-state index is 0.0616. The summed E-state index contributed by atoms with van der Waals surface area (Å²) in [6, 6.07) is 5.30. The van der Waals surface area contributed by atoms with Gasteiger partial charge in [-0.25, -0.2) is 0 Å². The van der Waals surface area contributed by atoms with Crippen molar-refractivity contribution >= 4 is 55.3 Å². The van der Waals surface area contributed by atoms with Gasteiger partial charge in [-0.3, -0.25) is 4.55 Å². The highest BCUT2D eigenvalue weighted by Gasteiger charge is 2.15.